The van der Waals surface area contributed by atoms with E-state index in [1.807, 2.05) is 66.7 Å². The molecule has 1 heterocycles. The van der Waals surface area contributed by atoms with Crippen LogP contribution in [0.5, 0.6) is 11.5 Å². The average molecular weight is 352 g/mol. The molecule has 0 aliphatic carbocycles. The van der Waals surface area contributed by atoms with Gasteiger partial charge < -0.3 is 14.7 Å². The van der Waals surface area contributed by atoms with Crippen LogP contribution < -0.4 is 9.64 Å². The second-order valence-corrected chi connectivity index (χ2v) is 7.03. The Bertz CT molecular complexity index is 901. The van der Waals surface area contributed by atoms with E-state index < -0.39 is 5.60 Å². The Morgan fingerprint density at radius 1 is 0.840 bits per heavy atom. The van der Waals surface area contributed by atoms with Gasteiger partial charge in [-0.05, 0) is 56.3 Å². The molecule has 0 bridgehead atoms. The van der Waals surface area contributed by atoms with Crippen molar-refractivity contribution in [2.75, 3.05) is 4.90 Å². The summed E-state index contributed by atoms with van der Waals surface area (Å²) in [5.74, 6) is 1.55. The van der Waals surface area contributed by atoms with Crippen LogP contribution >= 0.6 is 11.6 Å². The van der Waals surface area contributed by atoms with E-state index in [2.05, 4.69) is 4.90 Å². The number of halogens is 1. The van der Waals surface area contributed by atoms with Crippen LogP contribution in [-0.2, 0) is 5.60 Å². The van der Waals surface area contributed by atoms with Gasteiger partial charge in [0.1, 0.15) is 0 Å². The molecule has 3 aromatic rings. The van der Waals surface area contributed by atoms with Crippen LogP contribution in [0.1, 0.15) is 19.4 Å². The van der Waals surface area contributed by atoms with Crippen molar-refractivity contribution >= 4 is 28.7 Å². The molecule has 0 amide bonds. The van der Waals surface area contributed by atoms with Gasteiger partial charge in [0.05, 0.1) is 22.7 Å². The quantitative estimate of drug-likeness (QED) is 0.470. The summed E-state index contributed by atoms with van der Waals surface area (Å²) < 4.78 is 6.05. The maximum atomic E-state index is 10.7. The molecule has 3 aromatic carbocycles. The molecule has 0 unspecified atom stereocenters. The Labute approximate surface area is 152 Å². The van der Waals surface area contributed by atoms with Gasteiger partial charge in [0.2, 0.25) is 0 Å². The number of hydrogen-bond donors (Lipinski definition) is 1. The molecular formula is C21H18ClNO2. The standard InChI is InChI=1S/C21H18ClNO2/c1-21(2,24)15-13-14(22)11-12-16(15)23-17-7-3-5-9-19(17)25-20-10-6-4-8-18(20)23/h3-13,24H,1-2H3. The largest absolute Gasteiger partial charge is 0.453 e. The van der Waals surface area contributed by atoms with E-state index in [1.54, 1.807) is 13.8 Å². The Balaban J connectivity index is 2.01. The summed E-state index contributed by atoms with van der Waals surface area (Å²) in [5, 5.41) is 11.3. The summed E-state index contributed by atoms with van der Waals surface area (Å²) in [7, 11) is 0. The van der Waals surface area contributed by atoms with Crippen LogP contribution in [0.3, 0.4) is 0 Å². The highest BCUT2D eigenvalue weighted by Crippen LogP contribution is 2.51. The zero-order chi connectivity index (χ0) is 17.6. The number of anilines is 3. The maximum Gasteiger partial charge on any atom is 0.151 e. The lowest BCUT2D eigenvalue weighted by atomic mass is 9.95. The van der Waals surface area contributed by atoms with Crippen molar-refractivity contribution in [3.05, 3.63) is 77.3 Å². The minimum Gasteiger partial charge on any atom is -0.453 e. The first-order valence-corrected chi connectivity index (χ1v) is 8.51. The third kappa shape index (κ3) is 2.76. The molecule has 1 aliphatic heterocycles. The van der Waals surface area contributed by atoms with Crippen molar-refractivity contribution in [3.8, 4) is 11.5 Å². The first-order valence-electron chi connectivity index (χ1n) is 8.13. The summed E-state index contributed by atoms with van der Waals surface area (Å²) in [6.45, 7) is 3.53. The molecule has 4 heteroatoms. The van der Waals surface area contributed by atoms with Gasteiger partial charge in [0.25, 0.3) is 0 Å². The Kier molecular flexibility index (Phi) is 3.71. The molecule has 1 aliphatic rings. The monoisotopic (exact) mass is 351 g/mol. The first-order chi connectivity index (χ1) is 11.9. The van der Waals surface area contributed by atoms with Gasteiger partial charge in [-0.3, -0.25) is 0 Å². The summed E-state index contributed by atoms with van der Waals surface area (Å²) in [6, 6.07) is 21.3. The number of aliphatic hydroxyl groups is 1. The lowest BCUT2D eigenvalue weighted by molar-refractivity contribution is 0.0792. The van der Waals surface area contributed by atoms with Crippen LogP contribution in [0.2, 0.25) is 5.02 Å². The number of ether oxygens (including phenoxy) is 1. The van der Waals surface area contributed by atoms with Gasteiger partial charge >= 0.3 is 0 Å². The summed E-state index contributed by atoms with van der Waals surface area (Å²) in [4.78, 5) is 2.11. The second kappa shape index (κ2) is 5.80. The van der Waals surface area contributed by atoms with Crippen LogP contribution in [0.25, 0.3) is 0 Å². The van der Waals surface area contributed by atoms with Gasteiger partial charge in [-0.15, -0.1) is 0 Å². The predicted octanol–water partition coefficient (Wildman–Crippen LogP) is 6.14. The summed E-state index contributed by atoms with van der Waals surface area (Å²) in [6.07, 6.45) is 0. The highest BCUT2D eigenvalue weighted by atomic mass is 35.5. The molecule has 3 nitrogen and oxygen atoms in total. The van der Waals surface area contributed by atoms with Crippen molar-refractivity contribution in [2.45, 2.75) is 19.4 Å². The predicted molar refractivity (Wildman–Crippen MR) is 101 cm³/mol. The summed E-state index contributed by atoms with van der Waals surface area (Å²) >= 11 is 6.21. The van der Waals surface area contributed by atoms with Crippen LogP contribution in [0.4, 0.5) is 17.1 Å². The van der Waals surface area contributed by atoms with E-state index in [1.165, 1.54) is 0 Å². The number of rotatable bonds is 2. The Hall–Kier alpha value is -2.49. The Morgan fingerprint density at radius 3 is 1.96 bits per heavy atom. The normalized spacial score (nSPS) is 13.0. The van der Waals surface area contributed by atoms with E-state index in [0.29, 0.717) is 5.02 Å². The van der Waals surface area contributed by atoms with Crippen molar-refractivity contribution in [1.82, 2.24) is 0 Å². The SMILES string of the molecule is CC(C)(O)c1cc(Cl)ccc1N1c2ccccc2Oc2ccccc21. The number of benzene rings is 3. The van der Waals surface area contributed by atoms with Gasteiger partial charge in [-0.1, -0.05) is 35.9 Å². The molecule has 0 aromatic heterocycles. The smallest absolute Gasteiger partial charge is 0.151 e. The van der Waals surface area contributed by atoms with Crippen LogP contribution in [-0.4, -0.2) is 5.11 Å². The minimum absolute atomic E-state index is 0.593. The van der Waals surface area contributed by atoms with Crippen molar-refractivity contribution in [1.29, 1.82) is 0 Å². The number of nitrogens with zero attached hydrogens (tertiary/aromatic N) is 1. The molecule has 0 atom stereocenters. The number of fused-ring (bicyclic) bond motifs is 2. The van der Waals surface area contributed by atoms with E-state index in [0.717, 1.165) is 34.1 Å². The molecule has 0 saturated carbocycles. The molecule has 25 heavy (non-hydrogen) atoms. The molecule has 0 fully saturated rings. The lowest BCUT2D eigenvalue weighted by Gasteiger charge is -2.35. The van der Waals surface area contributed by atoms with Crippen molar-refractivity contribution in [2.24, 2.45) is 0 Å². The lowest BCUT2D eigenvalue weighted by Crippen LogP contribution is -2.23. The molecule has 4 rings (SSSR count). The molecule has 0 saturated heterocycles. The zero-order valence-electron chi connectivity index (χ0n) is 14.0. The topological polar surface area (TPSA) is 32.7 Å². The highest BCUT2D eigenvalue weighted by molar-refractivity contribution is 6.30. The third-order valence-corrected chi connectivity index (χ3v) is 4.53. The number of para-hydroxylation sites is 4. The fraction of sp³-hybridized carbons (Fsp3) is 0.143. The first kappa shape index (κ1) is 16.0. The van der Waals surface area contributed by atoms with Crippen molar-refractivity contribution in [3.63, 3.8) is 0 Å². The fourth-order valence-corrected chi connectivity index (χ4v) is 3.33. The van der Waals surface area contributed by atoms with Gasteiger partial charge in [0, 0.05) is 10.6 Å². The average Bonchev–Trinajstić information content (AvgIpc) is 2.59. The second-order valence-electron chi connectivity index (χ2n) is 6.59. The van der Waals surface area contributed by atoms with Gasteiger partial charge in [0.15, 0.2) is 11.5 Å². The zero-order valence-corrected chi connectivity index (χ0v) is 14.8. The molecule has 126 valence electrons. The van der Waals surface area contributed by atoms with Crippen LogP contribution in [0, 0.1) is 0 Å². The molecule has 0 spiro atoms. The van der Waals surface area contributed by atoms with Gasteiger partial charge in [-0.2, -0.15) is 0 Å². The van der Waals surface area contributed by atoms with Crippen LogP contribution in [0.15, 0.2) is 66.7 Å². The third-order valence-electron chi connectivity index (χ3n) is 4.29. The van der Waals surface area contributed by atoms with E-state index in [-0.39, 0.29) is 0 Å². The van der Waals surface area contributed by atoms with E-state index in [9.17, 15) is 5.11 Å². The number of hydrogen-bond acceptors (Lipinski definition) is 3. The molecule has 1 N–H and O–H groups in total. The van der Waals surface area contributed by atoms with Gasteiger partial charge in [-0.25, -0.2) is 0 Å². The maximum absolute atomic E-state index is 10.7. The fourth-order valence-electron chi connectivity index (χ4n) is 3.16. The molecule has 0 radical (unpaired) electrons. The molecular weight excluding hydrogens is 334 g/mol. The minimum atomic E-state index is -1.04. The summed E-state index contributed by atoms with van der Waals surface area (Å²) in [5.41, 5.74) is 2.44. The Morgan fingerprint density at radius 2 is 1.40 bits per heavy atom. The van der Waals surface area contributed by atoms with E-state index >= 15 is 0 Å². The van der Waals surface area contributed by atoms with Crippen molar-refractivity contribution < 1.29 is 9.84 Å². The highest BCUT2D eigenvalue weighted by Gasteiger charge is 2.30. The van der Waals surface area contributed by atoms with E-state index in [4.69, 9.17) is 16.3 Å².